The number of carboxylic acids is 1. The van der Waals surface area contributed by atoms with E-state index in [2.05, 4.69) is 0 Å². The number of rotatable bonds is 4. The van der Waals surface area contributed by atoms with Crippen LogP contribution in [0.4, 0.5) is 13.2 Å². The molecule has 0 aliphatic carbocycles. The van der Waals surface area contributed by atoms with Gasteiger partial charge in [-0.25, -0.2) is 0 Å². The van der Waals surface area contributed by atoms with Crippen molar-refractivity contribution in [3.63, 3.8) is 0 Å². The fourth-order valence-electron chi connectivity index (χ4n) is 1.22. The van der Waals surface area contributed by atoms with Crippen LogP contribution in [0.5, 0.6) is 0 Å². The summed E-state index contributed by atoms with van der Waals surface area (Å²) in [6, 6.07) is 4.69. The Morgan fingerprint density at radius 1 is 1.47 bits per heavy atom. The van der Waals surface area contributed by atoms with E-state index in [1.807, 2.05) is 0 Å². The van der Waals surface area contributed by atoms with Gasteiger partial charge in [0.15, 0.2) is 0 Å². The lowest BCUT2D eigenvalue weighted by Gasteiger charge is -2.11. The maximum Gasteiger partial charge on any atom is 0.416 e. The first-order valence-electron chi connectivity index (χ1n) is 4.91. The quantitative estimate of drug-likeness (QED) is 0.843. The van der Waals surface area contributed by atoms with E-state index >= 15 is 0 Å². The highest BCUT2D eigenvalue weighted by atomic mass is 32.2. The Hall–Kier alpha value is -1.17. The van der Waals surface area contributed by atoms with Crippen molar-refractivity contribution in [1.29, 1.82) is 0 Å². The molecule has 17 heavy (non-hydrogen) atoms. The molecule has 2 nitrogen and oxygen atoms in total. The van der Waals surface area contributed by atoms with E-state index in [0.29, 0.717) is 11.3 Å². The zero-order valence-electron chi connectivity index (χ0n) is 8.99. The van der Waals surface area contributed by atoms with Gasteiger partial charge in [0, 0.05) is 4.90 Å². The van der Waals surface area contributed by atoms with Crippen molar-refractivity contribution in [2.75, 3.05) is 0 Å². The average Bonchev–Trinajstić information content (AvgIpc) is 2.24. The van der Waals surface area contributed by atoms with Crippen molar-refractivity contribution in [2.45, 2.75) is 29.7 Å². The first kappa shape index (κ1) is 13.9. The number of carboxylic acid groups (broad SMARTS) is 1. The fourth-order valence-corrected chi connectivity index (χ4v) is 2.17. The lowest BCUT2D eigenvalue weighted by molar-refractivity contribution is -0.138. The second-order valence-corrected chi connectivity index (χ2v) is 4.65. The van der Waals surface area contributed by atoms with E-state index in [1.165, 1.54) is 12.1 Å². The molecule has 0 aliphatic rings. The molecule has 1 atom stereocenters. The SMILES string of the molecule is CCC(Sc1cccc(C(F)(F)F)c1)C(=O)O. The topological polar surface area (TPSA) is 37.3 Å². The number of halogens is 3. The third-order valence-electron chi connectivity index (χ3n) is 2.09. The van der Waals surface area contributed by atoms with E-state index in [-0.39, 0.29) is 0 Å². The minimum Gasteiger partial charge on any atom is -0.480 e. The van der Waals surface area contributed by atoms with Crippen LogP contribution in [0.1, 0.15) is 18.9 Å². The van der Waals surface area contributed by atoms with E-state index in [4.69, 9.17) is 5.11 Å². The molecule has 0 amide bonds. The van der Waals surface area contributed by atoms with Crippen LogP contribution in [0, 0.1) is 0 Å². The molecule has 0 saturated heterocycles. The number of carbonyl (C=O) groups is 1. The summed E-state index contributed by atoms with van der Waals surface area (Å²) < 4.78 is 37.3. The molecule has 6 heteroatoms. The van der Waals surface area contributed by atoms with Crippen LogP contribution < -0.4 is 0 Å². The van der Waals surface area contributed by atoms with Crippen LogP contribution in [-0.4, -0.2) is 16.3 Å². The minimum absolute atomic E-state index is 0.314. The molecule has 1 aromatic rings. The third kappa shape index (κ3) is 3.96. The number of hydrogen-bond donors (Lipinski definition) is 1. The van der Waals surface area contributed by atoms with Gasteiger partial charge in [0.05, 0.1) is 5.56 Å². The smallest absolute Gasteiger partial charge is 0.416 e. The van der Waals surface area contributed by atoms with Crippen molar-refractivity contribution in [1.82, 2.24) is 0 Å². The second-order valence-electron chi connectivity index (χ2n) is 3.38. The molecule has 0 bridgehead atoms. The Morgan fingerprint density at radius 2 is 2.12 bits per heavy atom. The zero-order valence-corrected chi connectivity index (χ0v) is 9.81. The predicted molar refractivity (Wildman–Crippen MR) is 59.0 cm³/mol. The maximum atomic E-state index is 12.4. The van der Waals surface area contributed by atoms with Crippen LogP contribution in [0.3, 0.4) is 0 Å². The van der Waals surface area contributed by atoms with Crippen molar-refractivity contribution >= 4 is 17.7 Å². The molecule has 1 N–H and O–H groups in total. The van der Waals surface area contributed by atoms with Crippen LogP contribution in [-0.2, 0) is 11.0 Å². The number of benzene rings is 1. The first-order chi connectivity index (χ1) is 7.84. The number of alkyl halides is 3. The summed E-state index contributed by atoms with van der Waals surface area (Å²) in [5, 5.41) is 8.10. The van der Waals surface area contributed by atoms with Crippen LogP contribution in [0.25, 0.3) is 0 Å². The Labute approximate surface area is 101 Å². The van der Waals surface area contributed by atoms with E-state index in [0.717, 1.165) is 23.9 Å². The summed E-state index contributed by atoms with van der Waals surface area (Å²) in [6.45, 7) is 1.68. The molecule has 0 aromatic heterocycles. The van der Waals surface area contributed by atoms with E-state index in [9.17, 15) is 18.0 Å². The van der Waals surface area contributed by atoms with Crippen molar-refractivity contribution in [2.24, 2.45) is 0 Å². The molecule has 0 saturated carbocycles. The van der Waals surface area contributed by atoms with Gasteiger partial charge in [-0.2, -0.15) is 13.2 Å². The van der Waals surface area contributed by atoms with Gasteiger partial charge in [-0.15, -0.1) is 11.8 Å². The molecule has 0 spiro atoms. The molecule has 0 aliphatic heterocycles. The van der Waals surface area contributed by atoms with Crippen LogP contribution in [0.15, 0.2) is 29.2 Å². The molecule has 0 radical (unpaired) electrons. The second kappa shape index (κ2) is 5.44. The van der Waals surface area contributed by atoms with Crippen LogP contribution >= 0.6 is 11.8 Å². The highest BCUT2D eigenvalue weighted by Gasteiger charge is 2.30. The van der Waals surface area contributed by atoms with Gasteiger partial charge in [0.25, 0.3) is 0 Å². The molecule has 0 heterocycles. The Morgan fingerprint density at radius 3 is 2.59 bits per heavy atom. The predicted octanol–water partition coefficient (Wildman–Crippen LogP) is 3.66. The molecular formula is C11H11F3O2S. The normalized spacial score (nSPS) is 13.4. The molecule has 1 aromatic carbocycles. The van der Waals surface area contributed by atoms with Gasteiger partial charge in [-0.05, 0) is 24.6 Å². The standard InChI is InChI=1S/C11H11F3O2S/c1-2-9(10(15)16)17-8-5-3-4-7(6-8)11(12,13)14/h3-6,9H,2H2,1H3,(H,15,16). The fraction of sp³-hybridized carbons (Fsp3) is 0.364. The molecule has 1 unspecified atom stereocenters. The number of hydrogen-bond acceptors (Lipinski definition) is 2. The first-order valence-corrected chi connectivity index (χ1v) is 5.79. The molecule has 1 rings (SSSR count). The largest absolute Gasteiger partial charge is 0.480 e. The van der Waals surface area contributed by atoms with Gasteiger partial charge < -0.3 is 5.11 Å². The molecule has 94 valence electrons. The van der Waals surface area contributed by atoms with Gasteiger partial charge >= 0.3 is 12.1 Å². The lowest BCUT2D eigenvalue weighted by atomic mass is 10.2. The van der Waals surface area contributed by atoms with E-state index in [1.54, 1.807) is 6.92 Å². The zero-order chi connectivity index (χ0) is 13.1. The summed E-state index contributed by atoms with van der Waals surface area (Å²) >= 11 is 0.928. The van der Waals surface area contributed by atoms with Crippen molar-refractivity contribution in [3.05, 3.63) is 29.8 Å². The highest BCUT2D eigenvalue weighted by molar-refractivity contribution is 8.00. The maximum absolute atomic E-state index is 12.4. The Bertz CT molecular complexity index is 404. The highest BCUT2D eigenvalue weighted by Crippen LogP contribution is 2.33. The average molecular weight is 264 g/mol. The summed E-state index contributed by atoms with van der Waals surface area (Å²) in [4.78, 5) is 11.1. The minimum atomic E-state index is -4.40. The number of aliphatic carboxylic acids is 1. The van der Waals surface area contributed by atoms with Gasteiger partial charge in [-0.1, -0.05) is 13.0 Å². The van der Waals surface area contributed by atoms with Crippen molar-refractivity contribution in [3.8, 4) is 0 Å². The van der Waals surface area contributed by atoms with Gasteiger partial charge in [0.1, 0.15) is 5.25 Å². The van der Waals surface area contributed by atoms with Gasteiger partial charge in [-0.3, -0.25) is 4.79 Å². The number of thioether (sulfide) groups is 1. The Balaban J connectivity index is 2.89. The summed E-state index contributed by atoms with van der Waals surface area (Å²) in [6.07, 6.45) is -4.04. The Kier molecular flexibility index (Phi) is 4.45. The monoisotopic (exact) mass is 264 g/mol. The molecule has 0 fully saturated rings. The van der Waals surface area contributed by atoms with Crippen LogP contribution in [0.2, 0.25) is 0 Å². The third-order valence-corrected chi connectivity index (χ3v) is 3.43. The summed E-state index contributed by atoms with van der Waals surface area (Å²) in [5.41, 5.74) is -0.761. The van der Waals surface area contributed by atoms with E-state index < -0.39 is 23.0 Å². The summed E-state index contributed by atoms with van der Waals surface area (Å²) in [7, 11) is 0. The lowest BCUT2D eigenvalue weighted by Crippen LogP contribution is -2.14. The van der Waals surface area contributed by atoms with Gasteiger partial charge in [0.2, 0.25) is 0 Å². The van der Waals surface area contributed by atoms with Crippen molar-refractivity contribution < 1.29 is 23.1 Å². The summed E-state index contributed by atoms with van der Waals surface area (Å²) in [5.74, 6) is -1.02. The molecular weight excluding hydrogens is 253 g/mol.